The fourth-order valence-corrected chi connectivity index (χ4v) is 4.22. The van der Waals surface area contributed by atoms with E-state index in [1.807, 2.05) is 4.90 Å². The number of nitrogens with one attached hydrogen (secondary N) is 1. The second-order valence-electron chi connectivity index (χ2n) is 8.56. The van der Waals surface area contributed by atoms with Gasteiger partial charge in [-0.15, -0.1) is 0 Å². The summed E-state index contributed by atoms with van der Waals surface area (Å²) in [6.07, 6.45) is -1.52. The number of aromatic hydroxyl groups is 1. The molecule has 1 fully saturated rings. The Labute approximate surface area is 210 Å². The number of hydrogen-bond donors (Lipinski definition) is 2. The van der Waals surface area contributed by atoms with Crippen LogP contribution in [-0.4, -0.2) is 69.7 Å². The summed E-state index contributed by atoms with van der Waals surface area (Å²) in [5.74, 6) is 0.530. The molecule has 5 rings (SSSR count). The van der Waals surface area contributed by atoms with Crippen molar-refractivity contribution in [3.63, 3.8) is 0 Å². The molecule has 0 saturated carbocycles. The van der Waals surface area contributed by atoms with Crippen molar-refractivity contribution >= 4 is 11.8 Å². The van der Waals surface area contributed by atoms with E-state index in [1.165, 1.54) is 46.3 Å². The van der Waals surface area contributed by atoms with Gasteiger partial charge in [0.05, 0.1) is 19.5 Å². The molecular formula is C24H27F3N6O4. The number of fused-ring (bicyclic) bond motifs is 1. The van der Waals surface area contributed by atoms with E-state index in [0.29, 0.717) is 38.5 Å². The molecule has 2 aliphatic heterocycles. The minimum absolute atomic E-state index is 0.0234. The van der Waals surface area contributed by atoms with E-state index in [2.05, 4.69) is 15.0 Å². The molecule has 3 aromatic rings. The van der Waals surface area contributed by atoms with Gasteiger partial charge in [-0.1, -0.05) is 12.1 Å². The third-order valence-corrected chi connectivity index (χ3v) is 6.12. The molecule has 198 valence electrons. The van der Waals surface area contributed by atoms with Gasteiger partial charge in [-0.05, 0) is 30.5 Å². The van der Waals surface area contributed by atoms with Crippen molar-refractivity contribution in [2.45, 2.75) is 31.6 Å². The quantitative estimate of drug-likeness (QED) is 0.536. The summed E-state index contributed by atoms with van der Waals surface area (Å²) in [5.41, 5.74) is 0.323. The molecule has 2 aromatic heterocycles. The number of rotatable bonds is 4. The molecule has 0 bridgehead atoms. The summed E-state index contributed by atoms with van der Waals surface area (Å²) in [7, 11) is 0. The molecule has 1 aromatic carbocycles. The van der Waals surface area contributed by atoms with Crippen molar-refractivity contribution in [1.29, 1.82) is 0 Å². The predicted octanol–water partition coefficient (Wildman–Crippen LogP) is 1.94. The Bertz CT molecular complexity index is 1270. The van der Waals surface area contributed by atoms with E-state index in [1.54, 1.807) is 12.1 Å². The number of aromatic nitrogens is 4. The lowest BCUT2D eigenvalue weighted by Crippen LogP contribution is -2.53. The standard InChI is InChI=1S/C20H23F3N4O3.C4H4N2O/c21-20(22,23)16-6-8-27-18(29)13-17(25-9-11-30-12-10-25)24-19(27)26(16)7-5-14-1-3-15(28)4-2-14;7-4-1-2-5-3-6-4/h1-4,13,16,28H,5-12H2;1-3H,(H,5,6,7)/t16-;/m0./s1. The normalized spacial score (nSPS) is 17.5. The summed E-state index contributed by atoms with van der Waals surface area (Å²) >= 11 is 0. The summed E-state index contributed by atoms with van der Waals surface area (Å²) in [6, 6.07) is 7.39. The lowest BCUT2D eigenvalue weighted by Gasteiger charge is -2.39. The topological polar surface area (TPSA) is 117 Å². The lowest BCUT2D eigenvalue weighted by molar-refractivity contribution is -0.152. The Morgan fingerprint density at radius 2 is 1.81 bits per heavy atom. The SMILES string of the molecule is O=c1cc(N2CCOCC2)nc2n1CC[C@@H](C(F)(F)F)N2CCc1ccc(O)cc1.O=c1ccnc[nH]1. The highest BCUT2D eigenvalue weighted by molar-refractivity contribution is 5.47. The van der Waals surface area contributed by atoms with Gasteiger partial charge in [-0.25, -0.2) is 4.98 Å². The van der Waals surface area contributed by atoms with Crippen LogP contribution in [0.1, 0.15) is 12.0 Å². The average Bonchev–Trinajstić information content (AvgIpc) is 2.89. The largest absolute Gasteiger partial charge is 0.508 e. The molecule has 0 unspecified atom stereocenters. The number of nitrogens with zero attached hydrogens (tertiary/aromatic N) is 5. The maximum Gasteiger partial charge on any atom is 0.408 e. The summed E-state index contributed by atoms with van der Waals surface area (Å²) < 4.78 is 48.0. The highest BCUT2D eigenvalue weighted by atomic mass is 19.4. The van der Waals surface area contributed by atoms with E-state index in [4.69, 9.17) is 4.74 Å². The molecular weight excluding hydrogens is 493 g/mol. The monoisotopic (exact) mass is 520 g/mol. The lowest BCUT2D eigenvalue weighted by atomic mass is 10.1. The van der Waals surface area contributed by atoms with E-state index in [9.17, 15) is 27.9 Å². The molecule has 10 nitrogen and oxygen atoms in total. The van der Waals surface area contributed by atoms with Crippen LogP contribution in [-0.2, 0) is 17.7 Å². The molecule has 0 aliphatic carbocycles. The highest BCUT2D eigenvalue weighted by Crippen LogP contribution is 2.34. The van der Waals surface area contributed by atoms with Crippen LogP contribution < -0.4 is 20.9 Å². The molecule has 37 heavy (non-hydrogen) atoms. The number of phenols is 1. The number of hydrogen-bond acceptors (Lipinski definition) is 8. The van der Waals surface area contributed by atoms with Crippen LogP contribution in [0.15, 0.2) is 58.5 Å². The Morgan fingerprint density at radius 1 is 1.08 bits per heavy atom. The zero-order valence-electron chi connectivity index (χ0n) is 19.9. The number of morpholine rings is 1. The number of anilines is 2. The second-order valence-corrected chi connectivity index (χ2v) is 8.56. The van der Waals surface area contributed by atoms with Gasteiger partial charge in [0.2, 0.25) is 5.95 Å². The third kappa shape index (κ3) is 6.67. The molecule has 2 N–H and O–H groups in total. The van der Waals surface area contributed by atoms with Crippen LogP contribution in [0, 0.1) is 0 Å². The Kier molecular flexibility index (Phi) is 8.11. The van der Waals surface area contributed by atoms with Crippen molar-refractivity contribution in [1.82, 2.24) is 19.5 Å². The number of ether oxygens (including phenoxy) is 1. The number of benzene rings is 1. The Hall–Kier alpha value is -3.87. The van der Waals surface area contributed by atoms with Crippen molar-refractivity contribution in [3.05, 3.63) is 75.2 Å². The first-order valence-electron chi connectivity index (χ1n) is 11.8. The molecule has 4 heterocycles. The molecule has 0 spiro atoms. The highest BCUT2D eigenvalue weighted by Gasteiger charge is 2.46. The fraction of sp³-hybridized carbons (Fsp3) is 0.417. The number of alkyl halides is 3. The van der Waals surface area contributed by atoms with Crippen LogP contribution >= 0.6 is 0 Å². The van der Waals surface area contributed by atoms with Gasteiger partial charge in [0.25, 0.3) is 11.1 Å². The minimum atomic E-state index is -4.44. The van der Waals surface area contributed by atoms with Crippen molar-refractivity contribution < 1.29 is 23.0 Å². The van der Waals surface area contributed by atoms with Crippen molar-refractivity contribution in [2.24, 2.45) is 0 Å². The van der Waals surface area contributed by atoms with Gasteiger partial charge < -0.3 is 24.6 Å². The fourth-order valence-electron chi connectivity index (χ4n) is 4.22. The molecule has 13 heteroatoms. The van der Waals surface area contributed by atoms with E-state index in [0.717, 1.165) is 5.56 Å². The Balaban J connectivity index is 0.000000396. The smallest absolute Gasteiger partial charge is 0.408 e. The minimum Gasteiger partial charge on any atom is -0.508 e. The third-order valence-electron chi connectivity index (χ3n) is 6.12. The van der Waals surface area contributed by atoms with E-state index in [-0.39, 0.29) is 42.3 Å². The number of H-pyrrole nitrogens is 1. The summed E-state index contributed by atoms with van der Waals surface area (Å²) in [4.78, 5) is 36.3. The zero-order valence-corrected chi connectivity index (χ0v) is 19.9. The first-order chi connectivity index (χ1) is 17.7. The Morgan fingerprint density at radius 3 is 2.41 bits per heavy atom. The first kappa shape index (κ1) is 26.2. The van der Waals surface area contributed by atoms with Crippen LogP contribution in [0.4, 0.5) is 24.9 Å². The van der Waals surface area contributed by atoms with Gasteiger partial charge in [-0.2, -0.15) is 18.2 Å². The molecule has 2 aliphatic rings. The van der Waals surface area contributed by atoms with Crippen molar-refractivity contribution in [3.8, 4) is 5.75 Å². The summed E-state index contributed by atoms with van der Waals surface area (Å²) in [6.45, 7) is 2.06. The van der Waals surface area contributed by atoms with Crippen LogP contribution in [0.2, 0.25) is 0 Å². The second kappa shape index (κ2) is 11.5. The van der Waals surface area contributed by atoms with E-state index < -0.39 is 12.2 Å². The van der Waals surface area contributed by atoms with E-state index >= 15 is 0 Å². The maximum absolute atomic E-state index is 13.8. The predicted molar refractivity (Wildman–Crippen MR) is 130 cm³/mol. The molecule has 1 saturated heterocycles. The number of phenolic OH excluding ortho intramolecular Hbond substituents is 1. The molecule has 0 amide bonds. The maximum atomic E-state index is 13.8. The number of halogens is 3. The molecule has 0 radical (unpaired) electrons. The average molecular weight is 521 g/mol. The number of aromatic amines is 1. The van der Waals surface area contributed by atoms with Crippen LogP contribution in [0.25, 0.3) is 0 Å². The zero-order chi connectivity index (χ0) is 26.4. The van der Waals surface area contributed by atoms with Gasteiger partial charge in [0.1, 0.15) is 17.6 Å². The van der Waals surface area contributed by atoms with Gasteiger partial charge in [0, 0.05) is 44.5 Å². The summed E-state index contributed by atoms with van der Waals surface area (Å²) in [5, 5.41) is 9.42. The molecule has 1 atom stereocenters. The first-order valence-corrected chi connectivity index (χ1v) is 11.8. The van der Waals surface area contributed by atoms with Crippen LogP contribution in [0.3, 0.4) is 0 Å². The van der Waals surface area contributed by atoms with Gasteiger partial charge in [-0.3, -0.25) is 14.2 Å². The van der Waals surface area contributed by atoms with Crippen molar-refractivity contribution in [2.75, 3.05) is 42.6 Å². The van der Waals surface area contributed by atoms with Crippen LogP contribution in [0.5, 0.6) is 5.75 Å². The van der Waals surface area contributed by atoms with Gasteiger partial charge in [0.15, 0.2) is 0 Å². The van der Waals surface area contributed by atoms with Gasteiger partial charge >= 0.3 is 6.18 Å².